The predicted octanol–water partition coefficient (Wildman–Crippen LogP) is 4.35. The molecule has 2 aromatic carbocycles. The van der Waals surface area contributed by atoms with Crippen molar-refractivity contribution in [3.05, 3.63) is 75.1 Å². The van der Waals surface area contributed by atoms with E-state index in [9.17, 15) is 9.59 Å². The first kappa shape index (κ1) is 21.3. The van der Waals surface area contributed by atoms with E-state index in [-0.39, 0.29) is 11.5 Å². The van der Waals surface area contributed by atoms with Crippen LogP contribution in [0.3, 0.4) is 0 Å². The number of carbonyl (C=O) groups excluding carboxylic acids is 1. The van der Waals surface area contributed by atoms with Gasteiger partial charge in [-0.05, 0) is 66.7 Å². The van der Waals surface area contributed by atoms with Crippen LogP contribution in [0.2, 0.25) is 0 Å². The summed E-state index contributed by atoms with van der Waals surface area (Å²) in [5.74, 6) is 0.685. The molecule has 0 N–H and O–H groups in total. The van der Waals surface area contributed by atoms with Crippen LogP contribution >= 0.6 is 11.8 Å². The topological polar surface area (TPSA) is 51.5 Å². The highest BCUT2D eigenvalue weighted by Crippen LogP contribution is 2.49. The maximum atomic E-state index is 13.8. The fourth-order valence-electron chi connectivity index (χ4n) is 4.87. The Labute approximate surface area is 192 Å². The van der Waals surface area contributed by atoms with Crippen LogP contribution in [0.4, 0.5) is 0 Å². The molecule has 0 spiro atoms. The lowest BCUT2D eigenvalue weighted by Gasteiger charge is -2.23. The highest BCUT2D eigenvalue weighted by Gasteiger charge is 2.39. The van der Waals surface area contributed by atoms with Gasteiger partial charge in [0.15, 0.2) is 0 Å². The number of fused-ring (bicyclic) bond motifs is 2. The third-order valence-corrected chi connectivity index (χ3v) is 7.66. The molecule has 1 aromatic heterocycles. The molecule has 0 saturated heterocycles. The summed E-state index contributed by atoms with van der Waals surface area (Å²) in [6, 6.07) is 14.3. The van der Waals surface area contributed by atoms with Gasteiger partial charge in [0.25, 0.3) is 5.56 Å². The summed E-state index contributed by atoms with van der Waals surface area (Å²) in [6.45, 7) is 0.553. The summed E-state index contributed by atoms with van der Waals surface area (Å²) in [5.41, 5.74) is 4.44. The van der Waals surface area contributed by atoms with Crippen LogP contribution in [0.1, 0.15) is 47.1 Å². The van der Waals surface area contributed by atoms with E-state index in [0.717, 1.165) is 35.4 Å². The van der Waals surface area contributed by atoms with Gasteiger partial charge in [0.2, 0.25) is 0 Å². The quantitative estimate of drug-likeness (QED) is 0.525. The molecular formula is C26H28N2O3S. The predicted molar refractivity (Wildman–Crippen MR) is 129 cm³/mol. The summed E-state index contributed by atoms with van der Waals surface area (Å²) >= 11 is 1.63. The monoisotopic (exact) mass is 448 g/mol. The molecule has 32 heavy (non-hydrogen) atoms. The van der Waals surface area contributed by atoms with Crippen molar-refractivity contribution in [2.75, 3.05) is 27.0 Å². The van der Waals surface area contributed by atoms with Crippen LogP contribution in [-0.2, 0) is 22.5 Å². The zero-order valence-electron chi connectivity index (χ0n) is 18.8. The summed E-state index contributed by atoms with van der Waals surface area (Å²) < 4.78 is 6.77. The average Bonchev–Trinajstić information content (AvgIpc) is 3.53. The van der Waals surface area contributed by atoms with Gasteiger partial charge in [0.05, 0.1) is 12.1 Å². The fourth-order valence-corrected chi connectivity index (χ4v) is 6.27. The summed E-state index contributed by atoms with van der Waals surface area (Å²) in [6.07, 6.45) is 3.00. The molecule has 0 bridgehead atoms. The molecule has 2 heterocycles. The number of rotatable bonds is 6. The maximum Gasteiger partial charge on any atom is 0.329 e. The first-order valence-electron chi connectivity index (χ1n) is 11.1. The van der Waals surface area contributed by atoms with E-state index in [1.165, 1.54) is 29.0 Å². The molecule has 1 aliphatic carbocycles. The van der Waals surface area contributed by atoms with Gasteiger partial charge in [-0.1, -0.05) is 42.5 Å². The molecule has 5 rings (SSSR count). The number of hydrogen-bond donors (Lipinski definition) is 0. The van der Waals surface area contributed by atoms with E-state index in [0.29, 0.717) is 18.2 Å². The Hall–Kier alpha value is -2.57. The Morgan fingerprint density at radius 1 is 1.12 bits per heavy atom. The van der Waals surface area contributed by atoms with Gasteiger partial charge in [-0.15, -0.1) is 11.8 Å². The lowest BCUT2D eigenvalue weighted by Crippen LogP contribution is -2.35. The third kappa shape index (κ3) is 3.65. The van der Waals surface area contributed by atoms with Crippen LogP contribution < -0.4 is 5.56 Å². The average molecular weight is 449 g/mol. The van der Waals surface area contributed by atoms with Crippen molar-refractivity contribution >= 4 is 28.5 Å². The molecule has 0 amide bonds. The second-order valence-corrected chi connectivity index (χ2v) is 10.0. The number of ether oxygens (including phenoxy) is 1. The number of aromatic nitrogens is 1. The molecule has 2 aliphatic rings. The van der Waals surface area contributed by atoms with Crippen molar-refractivity contribution in [2.24, 2.45) is 0 Å². The molecule has 5 nitrogen and oxygen atoms in total. The number of nitrogens with zero attached hydrogens (tertiary/aromatic N) is 2. The summed E-state index contributed by atoms with van der Waals surface area (Å²) in [5, 5.41) is 3.42. The second-order valence-electron chi connectivity index (χ2n) is 9.03. The Kier molecular flexibility index (Phi) is 5.59. The van der Waals surface area contributed by atoms with Crippen molar-refractivity contribution in [2.45, 2.75) is 42.8 Å². The minimum absolute atomic E-state index is 0.0475. The first-order chi connectivity index (χ1) is 15.5. The van der Waals surface area contributed by atoms with Gasteiger partial charge in [0.1, 0.15) is 6.04 Å². The fraction of sp³-hybridized carbons (Fsp3) is 0.385. The van der Waals surface area contributed by atoms with Crippen LogP contribution in [-0.4, -0.2) is 42.4 Å². The van der Waals surface area contributed by atoms with E-state index >= 15 is 0 Å². The highest BCUT2D eigenvalue weighted by molar-refractivity contribution is 7.99. The maximum absolute atomic E-state index is 13.8. The lowest BCUT2D eigenvalue weighted by molar-refractivity contribution is -0.143. The molecular weight excluding hydrogens is 420 g/mol. The molecule has 6 heteroatoms. The van der Waals surface area contributed by atoms with Gasteiger partial charge in [-0.25, -0.2) is 4.79 Å². The Balaban J connectivity index is 1.74. The van der Waals surface area contributed by atoms with Crippen LogP contribution in [0, 0.1) is 0 Å². The summed E-state index contributed by atoms with van der Waals surface area (Å²) in [7, 11) is 5.37. The SMILES string of the molecule is COC(=O)[C@@H]1CSc2c(C3CC3)c(Cc3cccc4ccccc34)c(CN(C)C)c(=O)n21. The minimum Gasteiger partial charge on any atom is -0.467 e. The normalized spacial score (nSPS) is 17.7. The molecule has 1 atom stereocenters. The van der Waals surface area contributed by atoms with E-state index in [2.05, 4.69) is 42.5 Å². The smallest absolute Gasteiger partial charge is 0.329 e. The van der Waals surface area contributed by atoms with Crippen molar-refractivity contribution in [3.8, 4) is 0 Å². The van der Waals surface area contributed by atoms with Gasteiger partial charge in [-0.2, -0.15) is 0 Å². The standard InChI is InChI=1S/C26H28N2O3S/c1-27(2)14-21-20(13-18-9-6-8-16-7-4-5-10-19(16)18)23(17-11-12-17)25-28(24(21)29)22(15-32-25)26(30)31-3/h4-10,17,22H,11-15H2,1-3H3/t22-/m0/s1. The van der Waals surface area contributed by atoms with Gasteiger partial charge < -0.3 is 9.64 Å². The largest absolute Gasteiger partial charge is 0.467 e. The number of thioether (sulfide) groups is 1. The number of methoxy groups -OCH3 is 1. The lowest BCUT2D eigenvalue weighted by atomic mass is 9.91. The Morgan fingerprint density at radius 2 is 1.88 bits per heavy atom. The van der Waals surface area contributed by atoms with Crippen molar-refractivity contribution in [1.82, 2.24) is 9.47 Å². The van der Waals surface area contributed by atoms with Crippen molar-refractivity contribution in [1.29, 1.82) is 0 Å². The number of hydrogen-bond acceptors (Lipinski definition) is 5. The first-order valence-corrected chi connectivity index (χ1v) is 12.1. The number of esters is 1. The molecule has 0 radical (unpaired) electrons. The molecule has 1 aliphatic heterocycles. The summed E-state index contributed by atoms with van der Waals surface area (Å²) in [4.78, 5) is 28.3. The van der Waals surface area contributed by atoms with Gasteiger partial charge in [-0.3, -0.25) is 9.36 Å². The van der Waals surface area contributed by atoms with E-state index in [1.54, 1.807) is 16.3 Å². The van der Waals surface area contributed by atoms with Gasteiger partial charge >= 0.3 is 5.97 Å². The molecule has 166 valence electrons. The third-order valence-electron chi connectivity index (χ3n) is 6.49. The number of pyridine rings is 1. The molecule has 0 unspecified atom stereocenters. The Morgan fingerprint density at radius 3 is 2.59 bits per heavy atom. The van der Waals surface area contributed by atoms with E-state index in [4.69, 9.17) is 4.74 Å². The number of benzene rings is 2. The minimum atomic E-state index is -0.544. The van der Waals surface area contributed by atoms with Gasteiger partial charge in [0, 0.05) is 17.9 Å². The van der Waals surface area contributed by atoms with E-state index < -0.39 is 6.04 Å². The van der Waals surface area contributed by atoms with Crippen LogP contribution in [0.15, 0.2) is 52.3 Å². The number of carbonyl (C=O) groups is 1. The molecule has 3 aromatic rings. The van der Waals surface area contributed by atoms with Crippen molar-refractivity contribution in [3.63, 3.8) is 0 Å². The molecule has 1 saturated carbocycles. The van der Waals surface area contributed by atoms with E-state index in [1.807, 2.05) is 19.0 Å². The van der Waals surface area contributed by atoms with Crippen LogP contribution in [0.5, 0.6) is 0 Å². The van der Waals surface area contributed by atoms with Crippen LogP contribution in [0.25, 0.3) is 10.8 Å². The molecule has 1 fully saturated rings. The second kappa shape index (κ2) is 8.41. The highest BCUT2D eigenvalue weighted by atomic mass is 32.2. The van der Waals surface area contributed by atoms with Crippen molar-refractivity contribution < 1.29 is 9.53 Å². The zero-order valence-corrected chi connectivity index (χ0v) is 19.6. The Bertz CT molecular complexity index is 1250. The zero-order chi connectivity index (χ0) is 22.4.